The van der Waals surface area contributed by atoms with Crippen LogP contribution in [0.1, 0.15) is 118 Å². The van der Waals surface area contributed by atoms with Gasteiger partial charge < -0.3 is 30.8 Å². The highest BCUT2D eigenvalue weighted by Gasteiger charge is 2.21. The Hall–Kier alpha value is -1.75. The van der Waals surface area contributed by atoms with Gasteiger partial charge in [0, 0.05) is 12.8 Å². The standard InChI is InChI=1S/C19H35NO5.C6H15NO3/c1-2-3-4-5-6-7-8-9-10-11-12-13-17(21)20-16(19(24)25)14-15-18(22)23;1-4(8)7(5(2)9)6(3)10/h16H,2-15H2,1H3,(H,20,21)(H,22,23)(H,24,25);4-6,8-10H,1-3H3/t16-;/m0./s1. The Morgan fingerprint density at radius 3 is 1.40 bits per heavy atom. The fourth-order valence-corrected chi connectivity index (χ4v) is 3.68. The number of rotatable bonds is 20. The monoisotopic (exact) mass is 506 g/mol. The molecule has 10 heteroatoms. The van der Waals surface area contributed by atoms with E-state index in [1.807, 2.05) is 0 Å². The summed E-state index contributed by atoms with van der Waals surface area (Å²) in [7, 11) is 0. The minimum atomic E-state index is -1.19. The molecule has 0 aromatic heterocycles. The van der Waals surface area contributed by atoms with Gasteiger partial charge in [0.1, 0.15) is 24.7 Å². The zero-order valence-corrected chi connectivity index (χ0v) is 22.1. The molecule has 0 saturated carbocycles. The minimum Gasteiger partial charge on any atom is -0.481 e. The van der Waals surface area contributed by atoms with Gasteiger partial charge in [-0.3, -0.25) is 9.59 Å². The van der Waals surface area contributed by atoms with E-state index in [0.29, 0.717) is 6.42 Å². The number of hydrogen-bond acceptors (Lipinski definition) is 7. The molecule has 0 saturated heterocycles. The molecule has 0 aliphatic rings. The van der Waals surface area contributed by atoms with E-state index >= 15 is 0 Å². The van der Waals surface area contributed by atoms with Crippen molar-refractivity contribution in [1.29, 1.82) is 0 Å². The van der Waals surface area contributed by atoms with Crippen LogP contribution in [0.15, 0.2) is 0 Å². The number of carbonyl (C=O) groups is 3. The van der Waals surface area contributed by atoms with Gasteiger partial charge in [0.25, 0.3) is 0 Å². The van der Waals surface area contributed by atoms with Crippen molar-refractivity contribution in [3.8, 4) is 0 Å². The molecular formula is C25H50N2O8. The smallest absolute Gasteiger partial charge is 0.326 e. The fourth-order valence-electron chi connectivity index (χ4n) is 3.68. The van der Waals surface area contributed by atoms with E-state index in [1.54, 1.807) is 0 Å². The van der Waals surface area contributed by atoms with Crippen molar-refractivity contribution < 1.29 is 39.9 Å². The average molecular weight is 507 g/mol. The van der Waals surface area contributed by atoms with Crippen molar-refractivity contribution in [3.05, 3.63) is 0 Å². The molecule has 0 aliphatic heterocycles. The molecule has 0 bridgehead atoms. The van der Waals surface area contributed by atoms with Crippen LogP contribution in [0.4, 0.5) is 0 Å². The third-order valence-electron chi connectivity index (χ3n) is 5.58. The van der Waals surface area contributed by atoms with Crippen LogP contribution in [0, 0.1) is 0 Å². The van der Waals surface area contributed by atoms with E-state index in [0.717, 1.165) is 19.3 Å². The lowest BCUT2D eigenvalue weighted by molar-refractivity contribution is -0.159. The Bertz CT molecular complexity index is 537. The van der Waals surface area contributed by atoms with Crippen LogP contribution in [0.2, 0.25) is 0 Å². The van der Waals surface area contributed by atoms with Gasteiger partial charge >= 0.3 is 11.9 Å². The van der Waals surface area contributed by atoms with Crippen LogP contribution in [-0.2, 0) is 14.4 Å². The van der Waals surface area contributed by atoms with Gasteiger partial charge in [-0.25, -0.2) is 9.69 Å². The number of carboxylic acid groups (broad SMARTS) is 2. The van der Waals surface area contributed by atoms with E-state index < -0.39 is 36.7 Å². The van der Waals surface area contributed by atoms with Gasteiger partial charge in [-0.1, -0.05) is 71.1 Å². The molecule has 0 aromatic carbocycles. The largest absolute Gasteiger partial charge is 0.481 e. The van der Waals surface area contributed by atoms with Crippen LogP contribution in [-0.4, -0.2) is 73.0 Å². The number of nitrogens with one attached hydrogen (secondary N) is 1. The topological polar surface area (TPSA) is 168 Å². The summed E-state index contributed by atoms with van der Waals surface area (Å²) < 4.78 is 0. The lowest BCUT2D eigenvalue weighted by Crippen LogP contribution is -2.45. The molecule has 0 spiro atoms. The summed E-state index contributed by atoms with van der Waals surface area (Å²) in [5.74, 6) is -2.56. The van der Waals surface area contributed by atoms with Crippen LogP contribution in [0.25, 0.3) is 0 Å². The summed E-state index contributed by atoms with van der Waals surface area (Å²) in [5.41, 5.74) is 0. The zero-order chi connectivity index (χ0) is 27.2. The van der Waals surface area contributed by atoms with Crippen LogP contribution < -0.4 is 5.32 Å². The van der Waals surface area contributed by atoms with Gasteiger partial charge in [0.05, 0.1) is 0 Å². The summed E-state index contributed by atoms with van der Waals surface area (Å²) >= 11 is 0. The number of unbranched alkanes of at least 4 members (excludes halogenated alkanes) is 10. The molecule has 0 fully saturated rings. The van der Waals surface area contributed by atoms with E-state index in [9.17, 15) is 14.4 Å². The van der Waals surface area contributed by atoms with Gasteiger partial charge in [0.15, 0.2) is 0 Å². The van der Waals surface area contributed by atoms with E-state index in [-0.39, 0.29) is 18.7 Å². The SMILES string of the molecule is CC(O)N(C(C)O)C(C)O.CCCCCCCCCCCCCC(=O)N[C@@H](CCC(=O)O)C(=O)O. The first-order chi connectivity index (χ1) is 16.4. The molecule has 6 N–H and O–H groups in total. The van der Waals surface area contributed by atoms with Crippen molar-refractivity contribution in [3.63, 3.8) is 0 Å². The Morgan fingerprint density at radius 1 is 0.686 bits per heavy atom. The molecule has 0 rings (SSSR count). The average Bonchev–Trinajstić information content (AvgIpc) is 2.74. The first-order valence-corrected chi connectivity index (χ1v) is 13.0. The number of aliphatic hydroxyl groups is 3. The number of aliphatic carboxylic acids is 2. The third kappa shape index (κ3) is 22.5. The predicted octanol–water partition coefficient (Wildman–Crippen LogP) is 3.43. The molecule has 1 amide bonds. The van der Waals surface area contributed by atoms with Crippen molar-refractivity contribution in [2.45, 2.75) is 142 Å². The lowest BCUT2D eigenvalue weighted by atomic mass is 10.0. The highest BCUT2D eigenvalue weighted by atomic mass is 16.4. The lowest BCUT2D eigenvalue weighted by Gasteiger charge is -2.30. The molecular weight excluding hydrogens is 456 g/mol. The molecule has 0 radical (unpaired) electrons. The summed E-state index contributed by atoms with van der Waals surface area (Å²) in [6.45, 7) is 6.68. The molecule has 35 heavy (non-hydrogen) atoms. The summed E-state index contributed by atoms with van der Waals surface area (Å²) in [6, 6.07) is -1.11. The third-order valence-corrected chi connectivity index (χ3v) is 5.58. The molecule has 4 atom stereocenters. The highest BCUT2D eigenvalue weighted by molar-refractivity contribution is 5.83. The maximum Gasteiger partial charge on any atom is 0.326 e. The Kier molecular flexibility index (Phi) is 23.0. The Morgan fingerprint density at radius 2 is 1.09 bits per heavy atom. The molecule has 0 aliphatic carbocycles. The van der Waals surface area contributed by atoms with Gasteiger partial charge in [-0.2, -0.15) is 0 Å². The van der Waals surface area contributed by atoms with Gasteiger partial charge in [-0.05, 0) is 33.6 Å². The highest BCUT2D eigenvalue weighted by Crippen LogP contribution is 2.12. The van der Waals surface area contributed by atoms with Gasteiger partial charge in [-0.15, -0.1) is 0 Å². The Labute approximate surface area is 210 Å². The first kappa shape index (κ1) is 35.4. The maximum absolute atomic E-state index is 11.7. The second kappa shape index (κ2) is 22.7. The van der Waals surface area contributed by atoms with E-state index in [1.165, 1.54) is 77.0 Å². The molecule has 10 nitrogen and oxygen atoms in total. The number of nitrogens with zero attached hydrogens (tertiary/aromatic N) is 1. The second-order valence-electron chi connectivity index (χ2n) is 9.02. The maximum atomic E-state index is 11.7. The van der Waals surface area contributed by atoms with Crippen molar-refractivity contribution in [2.75, 3.05) is 0 Å². The van der Waals surface area contributed by atoms with Gasteiger partial charge in [0.2, 0.25) is 5.91 Å². The second-order valence-corrected chi connectivity index (χ2v) is 9.02. The van der Waals surface area contributed by atoms with Crippen LogP contribution >= 0.6 is 0 Å². The minimum absolute atomic E-state index is 0.0886. The Balaban J connectivity index is 0. The normalized spacial score (nSPS) is 14.4. The van der Waals surface area contributed by atoms with Crippen molar-refractivity contribution >= 4 is 17.8 Å². The van der Waals surface area contributed by atoms with Crippen molar-refractivity contribution in [1.82, 2.24) is 10.2 Å². The predicted molar refractivity (Wildman–Crippen MR) is 134 cm³/mol. The number of carbonyl (C=O) groups excluding carboxylic acids is 1. The number of carboxylic acids is 2. The summed E-state index contributed by atoms with van der Waals surface area (Å²) in [6.07, 6.45) is 10.6. The van der Waals surface area contributed by atoms with E-state index in [4.69, 9.17) is 25.5 Å². The number of amides is 1. The first-order valence-electron chi connectivity index (χ1n) is 13.0. The van der Waals surface area contributed by atoms with Crippen LogP contribution in [0.3, 0.4) is 0 Å². The fraction of sp³-hybridized carbons (Fsp3) is 0.880. The zero-order valence-electron chi connectivity index (χ0n) is 22.1. The van der Waals surface area contributed by atoms with E-state index in [2.05, 4.69) is 12.2 Å². The quantitative estimate of drug-likeness (QED) is 0.107. The molecule has 208 valence electrons. The molecule has 0 heterocycles. The van der Waals surface area contributed by atoms with Crippen LogP contribution in [0.5, 0.6) is 0 Å². The summed E-state index contributed by atoms with van der Waals surface area (Å²) in [5, 5.41) is 46.9. The molecule has 0 aromatic rings. The molecule has 3 unspecified atom stereocenters. The van der Waals surface area contributed by atoms with Crippen molar-refractivity contribution in [2.24, 2.45) is 0 Å². The summed E-state index contributed by atoms with van der Waals surface area (Å²) in [4.78, 5) is 34.4. The number of hydrogen-bond donors (Lipinski definition) is 6. The number of aliphatic hydroxyl groups excluding tert-OH is 3.